The minimum atomic E-state index is -0.375. The van der Waals surface area contributed by atoms with Crippen molar-refractivity contribution in [3.05, 3.63) is 94.8 Å². The van der Waals surface area contributed by atoms with Crippen LogP contribution in [-0.4, -0.2) is 18.4 Å². The molecule has 29 heavy (non-hydrogen) atoms. The van der Waals surface area contributed by atoms with Crippen LogP contribution >= 0.6 is 11.6 Å². The smallest absolute Gasteiger partial charge is 0.258 e. The Morgan fingerprint density at radius 1 is 0.931 bits per heavy atom. The fourth-order valence-electron chi connectivity index (χ4n) is 2.47. The Bertz CT molecular complexity index is 992. The van der Waals surface area contributed by atoms with E-state index < -0.39 is 0 Å². The molecular weight excluding hydrogens is 395 g/mol. The SMILES string of the molecule is O=C(COc1ccc(C(=O)Nc2ccc(F)cc2)cc1)NCc1ccccc1Cl. The molecule has 148 valence electrons. The molecule has 7 heteroatoms. The summed E-state index contributed by atoms with van der Waals surface area (Å²) >= 11 is 6.05. The number of halogens is 2. The maximum Gasteiger partial charge on any atom is 0.258 e. The Kier molecular flexibility index (Phi) is 6.81. The molecule has 0 radical (unpaired) electrons. The van der Waals surface area contributed by atoms with Gasteiger partial charge in [-0.3, -0.25) is 9.59 Å². The van der Waals surface area contributed by atoms with Crippen LogP contribution in [0.5, 0.6) is 5.75 Å². The summed E-state index contributed by atoms with van der Waals surface area (Å²) in [6.45, 7) is 0.149. The number of amides is 2. The summed E-state index contributed by atoms with van der Waals surface area (Å²) in [6.07, 6.45) is 0. The van der Waals surface area contributed by atoms with Crippen LogP contribution in [0.4, 0.5) is 10.1 Å². The number of benzene rings is 3. The van der Waals surface area contributed by atoms with Crippen LogP contribution in [0.2, 0.25) is 5.02 Å². The summed E-state index contributed by atoms with van der Waals surface area (Å²) in [5, 5.41) is 5.99. The first-order valence-corrected chi connectivity index (χ1v) is 9.19. The third-order valence-corrected chi connectivity index (χ3v) is 4.39. The van der Waals surface area contributed by atoms with Crippen molar-refractivity contribution in [2.75, 3.05) is 11.9 Å². The van der Waals surface area contributed by atoms with Gasteiger partial charge < -0.3 is 15.4 Å². The number of rotatable bonds is 7. The van der Waals surface area contributed by atoms with Crippen LogP contribution in [0.1, 0.15) is 15.9 Å². The van der Waals surface area contributed by atoms with Gasteiger partial charge in [-0.1, -0.05) is 29.8 Å². The minimum absolute atomic E-state index is 0.161. The van der Waals surface area contributed by atoms with Gasteiger partial charge in [0.15, 0.2) is 6.61 Å². The van der Waals surface area contributed by atoms with Gasteiger partial charge in [0.1, 0.15) is 11.6 Å². The van der Waals surface area contributed by atoms with E-state index in [0.29, 0.717) is 28.6 Å². The Hall–Kier alpha value is -3.38. The van der Waals surface area contributed by atoms with Gasteiger partial charge in [0.2, 0.25) is 0 Å². The van der Waals surface area contributed by atoms with Gasteiger partial charge in [-0.15, -0.1) is 0 Å². The maximum absolute atomic E-state index is 12.9. The lowest BCUT2D eigenvalue weighted by molar-refractivity contribution is -0.123. The zero-order valence-electron chi connectivity index (χ0n) is 15.3. The fourth-order valence-corrected chi connectivity index (χ4v) is 2.68. The van der Waals surface area contributed by atoms with E-state index in [2.05, 4.69) is 10.6 Å². The summed E-state index contributed by atoms with van der Waals surface area (Å²) in [5.41, 5.74) is 1.72. The van der Waals surface area contributed by atoms with E-state index in [1.165, 1.54) is 24.3 Å². The molecule has 3 aromatic rings. The first kappa shape index (κ1) is 20.4. The van der Waals surface area contributed by atoms with E-state index in [4.69, 9.17) is 16.3 Å². The van der Waals surface area contributed by atoms with Gasteiger partial charge in [-0.05, 0) is 60.2 Å². The molecule has 0 aliphatic heterocycles. The Morgan fingerprint density at radius 3 is 2.31 bits per heavy atom. The van der Waals surface area contributed by atoms with E-state index in [0.717, 1.165) is 5.56 Å². The number of nitrogens with one attached hydrogen (secondary N) is 2. The molecule has 0 unspecified atom stereocenters. The van der Waals surface area contributed by atoms with Crippen LogP contribution < -0.4 is 15.4 Å². The summed E-state index contributed by atoms with van der Waals surface area (Å²) < 4.78 is 18.3. The highest BCUT2D eigenvalue weighted by molar-refractivity contribution is 6.31. The molecule has 2 N–H and O–H groups in total. The molecule has 0 spiro atoms. The standard InChI is InChI=1S/C22H18ClFN2O3/c23-20-4-2-1-3-16(20)13-25-21(27)14-29-19-11-5-15(6-12-19)22(28)26-18-9-7-17(24)8-10-18/h1-12H,13-14H2,(H,25,27)(H,26,28). The lowest BCUT2D eigenvalue weighted by Crippen LogP contribution is -2.28. The summed E-state index contributed by atoms with van der Waals surface area (Å²) in [5.74, 6) is -0.541. The van der Waals surface area contributed by atoms with E-state index in [1.807, 2.05) is 18.2 Å². The van der Waals surface area contributed by atoms with Crippen LogP contribution in [0, 0.1) is 5.82 Å². The minimum Gasteiger partial charge on any atom is -0.484 e. The highest BCUT2D eigenvalue weighted by Gasteiger charge is 2.08. The van der Waals surface area contributed by atoms with Crippen molar-refractivity contribution in [1.29, 1.82) is 0 Å². The van der Waals surface area contributed by atoms with Gasteiger partial charge in [0.05, 0.1) is 0 Å². The topological polar surface area (TPSA) is 67.4 Å². The lowest BCUT2D eigenvalue weighted by atomic mass is 10.2. The number of anilines is 1. The molecule has 0 saturated heterocycles. The molecule has 0 saturated carbocycles. The lowest BCUT2D eigenvalue weighted by Gasteiger charge is -2.09. The Morgan fingerprint density at radius 2 is 1.62 bits per heavy atom. The van der Waals surface area contributed by atoms with Crippen molar-refractivity contribution >= 4 is 29.1 Å². The summed E-state index contributed by atoms with van der Waals surface area (Å²) in [6, 6.07) is 19.1. The fraction of sp³-hybridized carbons (Fsp3) is 0.0909. The molecule has 3 aromatic carbocycles. The van der Waals surface area contributed by atoms with Crippen molar-refractivity contribution in [3.63, 3.8) is 0 Å². The molecule has 2 amide bonds. The molecule has 0 aliphatic carbocycles. The third kappa shape index (κ3) is 6.05. The first-order chi connectivity index (χ1) is 14.0. The van der Waals surface area contributed by atoms with E-state index >= 15 is 0 Å². The average Bonchev–Trinajstić information content (AvgIpc) is 2.73. The Balaban J connectivity index is 1.47. The molecule has 0 bridgehead atoms. The predicted molar refractivity (Wildman–Crippen MR) is 110 cm³/mol. The molecule has 3 rings (SSSR count). The average molecular weight is 413 g/mol. The first-order valence-electron chi connectivity index (χ1n) is 8.81. The zero-order valence-corrected chi connectivity index (χ0v) is 16.1. The van der Waals surface area contributed by atoms with Crippen molar-refractivity contribution in [3.8, 4) is 5.75 Å². The summed E-state index contributed by atoms with van der Waals surface area (Å²) in [7, 11) is 0. The second-order valence-electron chi connectivity index (χ2n) is 6.14. The largest absolute Gasteiger partial charge is 0.484 e. The monoisotopic (exact) mass is 412 g/mol. The van der Waals surface area contributed by atoms with Gasteiger partial charge in [-0.2, -0.15) is 0 Å². The zero-order chi connectivity index (χ0) is 20.6. The second-order valence-corrected chi connectivity index (χ2v) is 6.55. The van der Waals surface area contributed by atoms with Gasteiger partial charge in [-0.25, -0.2) is 4.39 Å². The van der Waals surface area contributed by atoms with Crippen LogP contribution in [-0.2, 0) is 11.3 Å². The summed E-state index contributed by atoms with van der Waals surface area (Å²) in [4.78, 5) is 24.1. The molecule has 0 heterocycles. The number of carbonyl (C=O) groups excluding carboxylic acids is 2. The van der Waals surface area contributed by atoms with Crippen LogP contribution in [0.3, 0.4) is 0 Å². The van der Waals surface area contributed by atoms with Crippen molar-refractivity contribution < 1.29 is 18.7 Å². The normalized spacial score (nSPS) is 10.3. The Labute approximate surface area is 172 Å². The second kappa shape index (κ2) is 9.71. The van der Waals surface area contributed by atoms with Crippen LogP contribution in [0.25, 0.3) is 0 Å². The van der Waals surface area contributed by atoms with Crippen molar-refractivity contribution in [2.45, 2.75) is 6.54 Å². The molecule has 0 aliphatic rings. The van der Waals surface area contributed by atoms with Crippen molar-refractivity contribution in [1.82, 2.24) is 5.32 Å². The quantitative estimate of drug-likeness (QED) is 0.603. The van der Waals surface area contributed by atoms with Crippen molar-refractivity contribution in [2.24, 2.45) is 0 Å². The third-order valence-electron chi connectivity index (χ3n) is 4.02. The highest BCUT2D eigenvalue weighted by Crippen LogP contribution is 2.16. The molecule has 0 aromatic heterocycles. The molecular formula is C22H18ClFN2O3. The van der Waals surface area contributed by atoms with E-state index in [-0.39, 0.29) is 24.2 Å². The molecule has 0 atom stereocenters. The molecule has 0 fully saturated rings. The van der Waals surface area contributed by atoms with Gasteiger partial charge in [0, 0.05) is 22.8 Å². The maximum atomic E-state index is 12.9. The molecule has 5 nitrogen and oxygen atoms in total. The highest BCUT2D eigenvalue weighted by atomic mass is 35.5. The van der Waals surface area contributed by atoms with Gasteiger partial charge >= 0.3 is 0 Å². The van der Waals surface area contributed by atoms with E-state index in [9.17, 15) is 14.0 Å². The van der Waals surface area contributed by atoms with Crippen LogP contribution in [0.15, 0.2) is 72.8 Å². The number of carbonyl (C=O) groups is 2. The number of ether oxygens (including phenoxy) is 1. The predicted octanol–water partition coefficient (Wildman–Crippen LogP) is 4.43. The van der Waals surface area contributed by atoms with E-state index in [1.54, 1.807) is 30.3 Å². The number of hydrogen-bond acceptors (Lipinski definition) is 3. The van der Waals surface area contributed by atoms with Gasteiger partial charge in [0.25, 0.3) is 11.8 Å². The number of hydrogen-bond donors (Lipinski definition) is 2.